The van der Waals surface area contributed by atoms with Crippen molar-refractivity contribution in [2.45, 2.75) is 44.1 Å². The van der Waals surface area contributed by atoms with Crippen molar-refractivity contribution in [1.29, 1.82) is 0 Å². The van der Waals surface area contributed by atoms with Crippen LogP contribution in [0, 0.1) is 6.92 Å². The molecule has 0 atom stereocenters. The SMILES string of the molecule is Cc1nc2ccccc2n1-c1ccc(C(=O)CN2C(=O)NC3(CCC(F)(F)CC3)C2=O)cn1. The summed E-state index contributed by atoms with van der Waals surface area (Å²) in [6.07, 6.45) is 0.137. The Bertz CT molecular complexity index is 1270. The summed E-state index contributed by atoms with van der Waals surface area (Å²) in [5, 5.41) is 2.54. The number of pyridine rings is 1. The standard InChI is InChI=1S/C23H21F2N5O3/c1-14-27-16-4-2-3-5-17(16)30(14)19-7-6-15(12-26-19)18(31)13-29-20(32)22(28-21(29)33)8-10-23(24,25)11-9-22/h2-7,12H,8-11,13H2,1H3,(H,28,33). The van der Waals surface area contributed by atoms with Crippen molar-refractivity contribution in [3.8, 4) is 5.82 Å². The molecule has 1 aliphatic heterocycles. The molecule has 0 unspecified atom stereocenters. The first-order valence-corrected chi connectivity index (χ1v) is 10.6. The number of urea groups is 1. The third-order valence-corrected chi connectivity index (χ3v) is 6.41. The Morgan fingerprint density at radius 2 is 1.82 bits per heavy atom. The molecule has 2 fully saturated rings. The lowest BCUT2D eigenvalue weighted by Gasteiger charge is -2.34. The maximum absolute atomic E-state index is 13.5. The summed E-state index contributed by atoms with van der Waals surface area (Å²) in [4.78, 5) is 47.7. The maximum atomic E-state index is 13.5. The summed E-state index contributed by atoms with van der Waals surface area (Å²) >= 11 is 0. The van der Waals surface area contributed by atoms with Crippen molar-refractivity contribution < 1.29 is 23.2 Å². The molecule has 10 heteroatoms. The highest BCUT2D eigenvalue weighted by Crippen LogP contribution is 2.41. The van der Waals surface area contributed by atoms with Gasteiger partial charge in [0.05, 0.1) is 17.6 Å². The number of aromatic nitrogens is 3. The molecule has 8 nitrogen and oxygen atoms in total. The summed E-state index contributed by atoms with van der Waals surface area (Å²) in [7, 11) is 0. The summed E-state index contributed by atoms with van der Waals surface area (Å²) in [6.45, 7) is 1.38. The molecule has 3 aromatic rings. The monoisotopic (exact) mass is 453 g/mol. The van der Waals surface area contributed by atoms with Crippen molar-refractivity contribution in [2.75, 3.05) is 6.54 Å². The molecule has 1 spiro atoms. The number of imidazole rings is 1. The smallest absolute Gasteiger partial charge is 0.323 e. The third-order valence-electron chi connectivity index (χ3n) is 6.41. The van der Waals surface area contributed by atoms with E-state index in [1.54, 1.807) is 12.1 Å². The molecule has 1 aliphatic carbocycles. The fourth-order valence-corrected chi connectivity index (χ4v) is 4.55. The Labute approximate surface area is 187 Å². The quantitative estimate of drug-likeness (QED) is 0.482. The highest BCUT2D eigenvalue weighted by molar-refractivity contribution is 6.11. The van der Waals surface area contributed by atoms with E-state index < -0.39 is 48.6 Å². The highest BCUT2D eigenvalue weighted by Gasteiger charge is 2.55. The van der Waals surface area contributed by atoms with E-state index in [9.17, 15) is 23.2 Å². The Kier molecular flexibility index (Phi) is 4.77. The normalized spacial score (nSPS) is 19.3. The zero-order chi connectivity index (χ0) is 23.4. The number of carbonyl (C=O) groups excluding carboxylic acids is 3. The summed E-state index contributed by atoms with van der Waals surface area (Å²) < 4.78 is 28.9. The first kappa shape index (κ1) is 21.2. The number of hydrogen-bond donors (Lipinski definition) is 1. The molecule has 1 aromatic carbocycles. The van der Waals surface area contributed by atoms with Gasteiger partial charge in [0.2, 0.25) is 5.92 Å². The number of Topliss-reactive ketones (excluding diaryl/α,β-unsaturated/α-hetero) is 1. The molecule has 33 heavy (non-hydrogen) atoms. The van der Waals surface area contributed by atoms with Crippen LogP contribution in [-0.4, -0.2) is 55.2 Å². The molecule has 2 aliphatic rings. The van der Waals surface area contributed by atoms with Crippen LogP contribution in [-0.2, 0) is 4.79 Å². The van der Waals surface area contributed by atoms with Gasteiger partial charge in [0.25, 0.3) is 5.91 Å². The molecule has 0 radical (unpaired) electrons. The molecule has 3 amide bonds. The lowest BCUT2D eigenvalue weighted by atomic mass is 9.80. The topological polar surface area (TPSA) is 97.2 Å². The second-order valence-corrected chi connectivity index (χ2v) is 8.57. The van der Waals surface area contributed by atoms with Crippen molar-refractivity contribution in [3.05, 3.63) is 54.0 Å². The van der Waals surface area contributed by atoms with Crippen LogP contribution < -0.4 is 5.32 Å². The van der Waals surface area contributed by atoms with Gasteiger partial charge in [0, 0.05) is 24.6 Å². The second-order valence-electron chi connectivity index (χ2n) is 8.57. The first-order valence-electron chi connectivity index (χ1n) is 10.6. The van der Waals surface area contributed by atoms with Gasteiger partial charge in [0.15, 0.2) is 5.78 Å². The van der Waals surface area contributed by atoms with Crippen LogP contribution in [0.2, 0.25) is 0 Å². The highest BCUT2D eigenvalue weighted by atomic mass is 19.3. The number of amides is 3. The fraction of sp³-hybridized carbons (Fsp3) is 0.348. The van der Waals surface area contributed by atoms with Gasteiger partial charge in [-0.1, -0.05) is 12.1 Å². The minimum absolute atomic E-state index is 0.149. The van der Waals surface area contributed by atoms with Gasteiger partial charge in [-0.05, 0) is 44.0 Å². The molecular weight excluding hydrogens is 432 g/mol. The number of rotatable bonds is 4. The maximum Gasteiger partial charge on any atom is 0.325 e. The van der Waals surface area contributed by atoms with E-state index in [4.69, 9.17) is 0 Å². The number of aryl methyl sites for hydroxylation is 1. The molecular formula is C23H21F2N5O3. The summed E-state index contributed by atoms with van der Waals surface area (Å²) in [5.74, 6) is -2.61. The number of carbonyl (C=O) groups is 3. The van der Waals surface area contributed by atoms with Crippen LogP contribution in [0.3, 0.4) is 0 Å². The van der Waals surface area contributed by atoms with Crippen LogP contribution in [0.25, 0.3) is 16.9 Å². The third kappa shape index (κ3) is 3.55. The van der Waals surface area contributed by atoms with E-state index in [1.807, 2.05) is 35.8 Å². The number of ketones is 1. The van der Waals surface area contributed by atoms with Crippen LogP contribution in [0.5, 0.6) is 0 Å². The number of para-hydroxylation sites is 2. The molecule has 170 valence electrons. The largest absolute Gasteiger partial charge is 0.325 e. The zero-order valence-electron chi connectivity index (χ0n) is 17.8. The predicted molar refractivity (Wildman–Crippen MR) is 114 cm³/mol. The minimum Gasteiger partial charge on any atom is -0.323 e. The van der Waals surface area contributed by atoms with E-state index in [1.165, 1.54) is 6.20 Å². The summed E-state index contributed by atoms with van der Waals surface area (Å²) in [6, 6.07) is 10.1. The fourth-order valence-electron chi connectivity index (χ4n) is 4.55. The van der Waals surface area contributed by atoms with Crippen molar-refractivity contribution in [2.24, 2.45) is 0 Å². The Morgan fingerprint density at radius 1 is 1.09 bits per heavy atom. The van der Waals surface area contributed by atoms with E-state index >= 15 is 0 Å². The van der Waals surface area contributed by atoms with E-state index in [0.717, 1.165) is 21.8 Å². The van der Waals surface area contributed by atoms with E-state index in [-0.39, 0.29) is 18.4 Å². The molecule has 0 bridgehead atoms. The van der Waals surface area contributed by atoms with Crippen LogP contribution >= 0.6 is 0 Å². The van der Waals surface area contributed by atoms with Gasteiger partial charge < -0.3 is 5.32 Å². The van der Waals surface area contributed by atoms with E-state index in [2.05, 4.69) is 15.3 Å². The zero-order valence-corrected chi connectivity index (χ0v) is 17.8. The number of nitrogens with zero attached hydrogens (tertiary/aromatic N) is 4. The molecule has 1 N–H and O–H groups in total. The Morgan fingerprint density at radius 3 is 2.52 bits per heavy atom. The number of hydrogen-bond acceptors (Lipinski definition) is 5. The van der Waals surface area contributed by atoms with Crippen LogP contribution in [0.4, 0.5) is 13.6 Å². The number of benzene rings is 1. The van der Waals surface area contributed by atoms with Gasteiger partial charge in [-0.25, -0.2) is 23.5 Å². The van der Waals surface area contributed by atoms with Crippen LogP contribution in [0.15, 0.2) is 42.6 Å². The lowest BCUT2D eigenvalue weighted by Crippen LogP contribution is -2.51. The molecule has 1 saturated carbocycles. The number of imide groups is 1. The second kappa shape index (κ2) is 7.43. The minimum atomic E-state index is -2.84. The number of fused-ring (bicyclic) bond motifs is 1. The molecule has 2 aromatic heterocycles. The molecule has 5 rings (SSSR count). The molecule has 1 saturated heterocycles. The van der Waals surface area contributed by atoms with Crippen LogP contribution in [0.1, 0.15) is 41.9 Å². The Hall–Kier alpha value is -3.69. The van der Waals surface area contributed by atoms with Gasteiger partial charge in [0.1, 0.15) is 17.2 Å². The van der Waals surface area contributed by atoms with Gasteiger partial charge >= 0.3 is 6.03 Å². The van der Waals surface area contributed by atoms with Crippen molar-refractivity contribution >= 4 is 28.8 Å². The molecule has 3 heterocycles. The number of nitrogens with one attached hydrogen (secondary N) is 1. The average Bonchev–Trinajstić information content (AvgIpc) is 3.24. The number of halogens is 2. The lowest BCUT2D eigenvalue weighted by molar-refractivity contribution is -0.135. The average molecular weight is 453 g/mol. The predicted octanol–water partition coefficient (Wildman–Crippen LogP) is 3.41. The van der Waals surface area contributed by atoms with Gasteiger partial charge in [-0.2, -0.15) is 0 Å². The van der Waals surface area contributed by atoms with Gasteiger partial charge in [-0.3, -0.25) is 19.1 Å². The van der Waals surface area contributed by atoms with Crippen molar-refractivity contribution in [3.63, 3.8) is 0 Å². The summed E-state index contributed by atoms with van der Waals surface area (Å²) in [5.41, 5.74) is 0.591. The number of alkyl halides is 2. The van der Waals surface area contributed by atoms with Crippen molar-refractivity contribution in [1.82, 2.24) is 24.8 Å². The van der Waals surface area contributed by atoms with Gasteiger partial charge in [-0.15, -0.1) is 0 Å². The first-order chi connectivity index (χ1) is 15.7. The Balaban J connectivity index is 1.33. The van der Waals surface area contributed by atoms with E-state index in [0.29, 0.717) is 5.82 Å².